The van der Waals surface area contributed by atoms with Gasteiger partial charge in [-0.1, -0.05) is 41.5 Å². The van der Waals surface area contributed by atoms with E-state index in [2.05, 4.69) is 20.8 Å². The summed E-state index contributed by atoms with van der Waals surface area (Å²) in [6.45, 7) is 15.8. The molecule has 0 aliphatic rings. The highest BCUT2D eigenvalue weighted by atomic mass is 16.1. The van der Waals surface area contributed by atoms with Crippen LogP contribution < -0.4 is 5.73 Å². The molecular formula is C12H27NO. The first-order chi connectivity index (χ1) is 5.89. The molecule has 0 radical (unpaired) electrons. The maximum absolute atomic E-state index is 10.5. The van der Waals surface area contributed by atoms with Crippen molar-refractivity contribution >= 4 is 5.78 Å². The predicted octanol–water partition coefficient (Wildman–Crippen LogP) is 3.00. The van der Waals surface area contributed by atoms with E-state index in [-0.39, 0.29) is 16.6 Å². The van der Waals surface area contributed by atoms with Gasteiger partial charge in [0.2, 0.25) is 0 Å². The van der Waals surface area contributed by atoms with Gasteiger partial charge in [-0.2, -0.15) is 0 Å². The molecule has 0 aromatic carbocycles. The highest BCUT2D eigenvalue weighted by Gasteiger charge is 2.15. The van der Waals surface area contributed by atoms with Gasteiger partial charge in [-0.3, -0.25) is 4.79 Å². The molecular weight excluding hydrogens is 174 g/mol. The van der Waals surface area contributed by atoms with Crippen LogP contribution in [-0.4, -0.2) is 11.8 Å². The molecule has 14 heavy (non-hydrogen) atoms. The second-order valence-electron chi connectivity index (χ2n) is 5.96. The van der Waals surface area contributed by atoms with Crippen LogP contribution in [0.4, 0.5) is 0 Å². The second-order valence-corrected chi connectivity index (χ2v) is 5.96. The van der Waals surface area contributed by atoms with Crippen molar-refractivity contribution in [1.82, 2.24) is 0 Å². The van der Waals surface area contributed by atoms with E-state index in [1.54, 1.807) is 6.92 Å². The maximum atomic E-state index is 10.5. The molecule has 0 fully saturated rings. The smallest absolute Gasteiger partial charge is 0.135 e. The van der Waals surface area contributed by atoms with E-state index in [0.29, 0.717) is 6.04 Å². The zero-order valence-corrected chi connectivity index (χ0v) is 11.1. The molecule has 0 unspecified atom stereocenters. The average Bonchev–Trinajstić information content (AvgIpc) is 1.83. The van der Waals surface area contributed by atoms with E-state index in [1.165, 1.54) is 0 Å². The lowest BCUT2D eigenvalue weighted by atomic mass is 9.89. The molecule has 1 atom stereocenters. The van der Waals surface area contributed by atoms with Crippen molar-refractivity contribution in [1.29, 1.82) is 0 Å². The minimum atomic E-state index is -0.139. The van der Waals surface area contributed by atoms with Crippen molar-refractivity contribution in [3.8, 4) is 0 Å². The largest absolute Gasteiger partial charge is 0.327 e. The zero-order valence-electron chi connectivity index (χ0n) is 11.1. The normalized spacial score (nSPS) is 14.1. The molecule has 2 heteroatoms. The van der Waals surface area contributed by atoms with Crippen molar-refractivity contribution in [2.45, 2.75) is 61.4 Å². The SMILES string of the molecule is CC(=O)C(C)(C)C.C[C@H](N)C(C)(C)C. The Bertz CT molecular complexity index is 170. The summed E-state index contributed by atoms with van der Waals surface area (Å²) in [5.41, 5.74) is 5.71. The second kappa shape index (κ2) is 5.50. The van der Waals surface area contributed by atoms with Gasteiger partial charge in [0.15, 0.2) is 0 Å². The third-order valence-corrected chi connectivity index (χ3v) is 2.42. The Morgan fingerprint density at radius 2 is 1.21 bits per heavy atom. The molecule has 0 aromatic rings. The van der Waals surface area contributed by atoms with Crippen molar-refractivity contribution in [3.63, 3.8) is 0 Å². The Balaban J connectivity index is 0. The van der Waals surface area contributed by atoms with Crippen molar-refractivity contribution in [2.24, 2.45) is 16.6 Å². The molecule has 2 N–H and O–H groups in total. The van der Waals surface area contributed by atoms with Crippen molar-refractivity contribution < 1.29 is 4.79 Å². The van der Waals surface area contributed by atoms with Crippen LogP contribution in [-0.2, 0) is 4.79 Å². The molecule has 0 bridgehead atoms. The Labute approximate surface area is 89.3 Å². The van der Waals surface area contributed by atoms with Crippen LogP contribution in [0, 0.1) is 10.8 Å². The molecule has 2 nitrogen and oxygen atoms in total. The standard InChI is InChI=1S/C6H15N.C6H12O/c2*1-5(7)6(2,3)4/h5H,7H2,1-4H3;1-4H3/t5-;/m0./s1. The van der Waals surface area contributed by atoms with Crippen LogP contribution in [0.2, 0.25) is 0 Å². The first kappa shape index (κ1) is 16.1. The summed E-state index contributed by atoms with van der Waals surface area (Å²) in [6.07, 6.45) is 0. The Morgan fingerprint density at radius 3 is 1.21 bits per heavy atom. The summed E-state index contributed by atoms with van der Waals surface area (Å²) in [5, 5.41) is 0. The van der Waals surface area contributed by atoms with E-state index >= 15 is 0 Å². The van der Waals surface area contributed by atoms with Crippen LogP contribution in [0.1, 0.15) is 55.4 Å². The average molecular weight is 201 g/mol. The molecule has 86 valence electrons. The molecule has 0 heterocycles. The number of Topliss-reactive ketones (excluding diaryl/α,β-unsaturated/α-hetero) is 1. The van der Waals surface area contributed by atoms with Gasteiger partial charge in [0, 0.05) is 11.5 Å². The number of hydrogen-bond acceptors (Lipinski definition) is 2. The Hall–Kier alpha value is -0.370. The van der Waals surface area contributed by atoms with E-state index in [9.17, 15) is 4.79 Å². The molecule has 0 rings (SSSR count). The number of carbonyl (C=O) groups excluding carboxylic acids is 1. The van der Waals surface area contributed by atoms with E-state index in [0.717, 1.165) is 0 Å². The van der Waals surface area contributed by atoms with Crippen LogP contribution in [0.5, 0.6) is 0 Å². The topological polar surface area (TPSA) is 43.1 Å². The maximum Gasteiger partial charge on any atom is 0.135 e. The molecule has 0 amide bonds. The predicted molar refractivity (Wildman–Crippen MR) is 63.2 cm³/mol. The lowest BCUT2D eigenvalue weighted by Gasteiger charge is -2.22. The number of hydrogen-bond donors (Lipinski definition) is 1. The van der Waals surface area contributed by atoms with Crippen molar-refractivity contribution in [3.05, 3.63) is 0 Å². The fourth-order valence-electron chi connectivity index (χ4n) is 0. The van der Waals surface area contributed by atoms with Gasteiger partial charge in [-0.25, -0.2) is 0 Å². The fraction of sp³-hybridized carbons (Fsp3) is 0.917. The molecule has 0 aromatic heterocycles. The molecule has 0 aliphatic heterocycles. The monoisotopic (exact) mass is 201 g/mol. The third kappa shape index (κ3) is 9.72. The van der Waals surface area contributed by atoms with Crippen LogP contribution >= 0.6 is 0 Å². The highest BCUT2D eigenvalue weighted by Crippen LogP contribution is 2.15. The molecule has 0 saturated heterocycles. The van der Waals surface area contributed by atoms with Crippen LogP contribution in [0.25, 0.3) is 0 Å². The number of nitrogens with two attached hydrogens (primary N) is 1. The van der Waals surface area contributed by atoms with Gasteiger partial charge in [0.05, 0.1) is 0 Å². The molecule has 0 saturated carbocycles. The minimum absolute atomic E-state index is 0.139. The highest BCUT2D eigenvalue weighted by molar-refractivity contribution is 5.80. The number of carbonyl (C=O) groups is 1. The summed E-state index contributed by atoms with van der Waals surface area (Å²) in [5.74, 6) is 0.243. The summed E-state index contributed by atoms with van der Waals surface area (Å²) < 4.78 is 0. The summed E-state index contributed by atoms with van der Waals surface area (Å²) in [6, 6.07) is 0.299. The van der Waals surface area contributed by atoms with Gasteiger partial charge < -0.3 is 5.73 Å². The summed E-state index contributed by atoms with van der Waals surface area (Å²) in [4.78, 5) is 10.5. The zero-order chi connectivity index (χ0) is 12.2. The van der Waals surface area contributed by atoms with Gasteiger partial charge in [-0.15, -0.1) is 0 Å². The van der Waals surface area contributed by atoms with E-state index in [4.69, 9.17) is 5.73 Å². The lowest BCUT2D eigenvalue weighted by molar-refractivity contribution is -0.124. The molecule has 0 aliphatic carbocycles. The Kier molecular flexibility index (Phi) is 6.31. The van der Waals surface area contributed by atoms with Gasteiger partial charge >= 0.3 is 0 Å². The van der Waals surface area contributed by atoms with Crippen LogP contribution in [0.3, 0.4) is 0 Å². The third-order valence-electron chi connectivity index (χ3n) is 2.42. The fourth-order valence-corrected chi connectivity index (χ4v) is 0. The van der Waals surface area contributed by atoms with Crippen molar-refractivity contribution in [2.75, 3.05) is 0 Å². The van der Waals surface area contributed by atoms with Crippen LogP contribution in [0.15, 0.2) is 0 Å². The van der Waals surface area contributed by atoms with Gasteiger partial charge in [0.1, 0.15) is 5.78 Å². The van der Waals surface area contributed by atoms with Gasteiger partial charge in [0.25, 0.3) is 0 Å². The first-order valence-electron chi connectivity index (χ1n) is 5.15. The number of rotatable bonds is 0. The van der Waals surface area contributed by atoms with E-state index in [1.807, 2.05) is 27.7 Å². The number of ketones is 1. The first-order valence-corrected chi connectivity index (χ1v) is 5.15. The van der Waals surface area contributed by atoms with E-state index < -0.39 is 0 Å². The molecule has 0 spiro atoms. The Morgan fingerprint density at radius 1 is 1.07 bits per heavy atom. The quantitative estimate of drug-likeness (QED) is 0.654. The lowest BCUT2D eigenvalue weighted by Crippen LogP contribution is -2.31. The van der Waals surface area contributed by atoms with Gasteiger partial charge in [-0.05, 0) is 19.3 Å². The minimum Gasteiger partial charge on any atom is -0.327 e. The summed E-state index contributed by atoms with van der Waals surface area (Å²) >= 11 is 0. The summed E-state index contributed by atoms with van der Waals surface area (Å²) in [7, 11) is 0.